The van der Waals surface area contributed by atoms with Crippen LogP contribution in [-0.4, -0.2) is 25.0 Å². The molecule has 2 amide bonds. The molecule has 3 aromatic rings. The van der Waals surface area contributed by atoms with E-state index in [1.165, 1.54) is 0 Å². The molecule has 0 atom stereocenters. The minimum Gasteiger partial charge on any atom is -0.484 e. The molecule has 4 rings (SSSR count). The number of hydrogen-bond donors (Lipinski definition) is 1. The molecule has 6 heteroatoms. The van der Waals surface area contributed by atoms with Crippen LogP contribution in [0.1, 0.15) is 18.1 Å². The summed E-state index contributed by atoms with van der Waals surface area (Å²) in [4.78, 5) is 26.4. The number of rotatable bonds is 7. The molecule has 1 aliphatic heterocycles. The summed E-state index contributed by atoms with van der Waals surface area (Å²) in [5.41, 5.74) is 3.46. The molecule has 1 N–H and O–H groups in total. The van der Waals surface area contributed by atoms with Crippen LogP contribution in [0.25, 0.3) is 0 Å². The smallest absolute Gasteiger partial charge is 0.265 e. The quantitative estimate of drug-likeness (QED) is 0.627. The zero-order valence-corrected chi connectivity index (χ0v) is 17.3. The van der Waals surface area contributed by atoms with E-state index in [9.17, 15) is 9.59 Å². The molecule has 3 aromatic carbocycles. The minimum absolute atomic E-state index is 0.0336. The summed E-state index contributed by atoms with van der Waals surface area (Å²) in [5.74, 6) is 0.856. The fourth-order valence-corrected chi connectivity index (χ4v) is 3.42. The number of aryl methyl sites for hydroxylation is 1. The summed E-state index contributed by atoms with van der Waals surface area (Å²) >= 11 is 0. The van der Waals surface area contributed by atoms with Gasteiger partial charge in [0, 0.05) is 11.8 Å². The predicted molar refractivity (Wildman–Crippen MR) is 120 cm³/mol. The summed E-state index contributed by atoms with van der Waals surface area (Å²) in [6.07, 6.45) is 0.905. The van der Waals surface area contributed by atoms with E-state index in [0.29, 0.717) is 29.4 Å². The van der Waals surface area contributed by atoms with Gasteiger partial charge in [-0.2, -0.15) is 0 Å². The molecule has 0 saturated carbocycles. The van der Waals surface area contributed by atoms with Gasteiger partial charge in [0.1, 0.15) is 11.5 Å². The van der Waals surface area contributed by atoms with Crippen molar-refractivity contribution in [2.45, 2.75) is 19.9 Å². The number of carbonyl (C=O) groups is 2. The highest BCUT2D eigenvalue weighted by atomic mass is 16.5. The standard InChI is InChI=1S/C25H24N2O4/c1-2-18-9-6-10-21(13-18)30-16-24(28)26-20-11-12-22-23(14-20)31-17-25(29)27(22)15-19-7-4-3-5-8-19/h3-14H,2,15-17H2,1H3,(H,26,28). The molecular weight excluding hydrogens is 392 g/mol. The molecule has 6 nitrogen and oxygen atoms in total. The summed E-state index contributed by atoms with van der Waals surface area (Å²) in [6.45, 7) is 2.41. The molecule has 0 spiro atoms. The third kappa shape index (κ3) is 5.04. The van der Waals surface area contributed by atoms with Crippen LogP contribution in [0.4, 0.5) is 11.4 Å². The summed E-state index contributed by atoms with van der Waals surface area (Å²) in [5, 5.41) is 2.82. The second kappa shape index (κ2) is 9.34. The van der Waals surface area contributed by atoms with Crippen molar-refractivity contribution in [1.82, 2.24) is 0 Å². The Morgan fingerprint density at radius 1 is 1.03 bits per heavy atom. The SMILES string of the molecule is CCc1cccc(OCC(=O)Nc2ccc3c(c2)OCC(=O)N3Cc2ccccc2)c1. The van der Waals surface area contributed by atoms with Crippen molar-refractivity contribution in [2.24, 2.45) is 0 Å². The Bertz CT molecular complexity index is 1080. The van der Waals surface area contributed by atoms with Gasteiger partial charge in [-0.25, -0.2) is 0 Å². The fraction of sp³-hybridized carbons (Fsp3) is 0.200. The van der Waals surface area contributed by atoms with E-state index >= 15 is 0 Å². The van der Waals surface area contributed by atoms with Gasteiger partial charge in [-0.3, -0.25) is 9.59 Å². The van der Waals surface area contributed by atoms with Gasteiger partial charge in [-0.1, -0.05) is 49.4 Å². The van der Waals surface area contributed by atoms with Gasteiger partial charge in [0.05, 0.1) is 12.2 Å². The Balaban J connectivity index is 1.41. The van der Waals surface area contributed by atoms with Crippen LogP contribution >= 0.6 is 0 Å². The third-order valence-electron chi connectivity index (χ3n) is 5.05. The van der Waals surface area contributed by atoms with E-state index in [-0.39, 0.29) is 25.0 Å². The highest BCUT2D eigenvalue weighted by Crippen LogP contribution is 2.35. The average molecular weight is 416 g/mol. The first-order valence-electron chi connectivity index (χ1n) is 10.2. The predicted octanol–water partition coefficient (Wildman–Crippen LogP) is 4.19. The first kappa shape index (κ1) is 20.5. The molecule has 0 aromatic heterocycles. The van der Waals surface area contributed by atoms with E-state index in [1.54, 1.807) is 23.1 Å². The normalized spacial score (nSPS) is 12.7. The molecular formula is C25H24N2O4. The number of carbonyl (C=O) groups excluding carboxylic acids is 2. The summed E-state index contributed by atoms with van der Waals surface area (Å²) in [6, 6.07) is 22.8. The minimum atomic E-state index is -0.269. The van der Waals surface area contributed by atoms with Crippen molar-refractivity contribution < 1.29 is 19.1 Å². The number of amides is 2. The molecule has 0 aliphatic carbocycles. The molecule has 0 saturated heterocycles. The lowest BCUT2D eigenvalue weighted by Crippen LogP contribution is -2.38. The number of anilines is 2. The van der Waals surface area contributed by atoms with Crippen LogP contribution in [-0.2, 0) is 22.6 Å². The van der Waals surface area contributed by atoms with Crippen LogP contribution in [0.5, 0.6) is 11.5 Å². The summed E-state index contributed by atoms with van der Waals surface area (Å²) in [7, 11) is 0. The van der Waals surface area contributed by atoms with Crippen molar-refractivity contribution in [1.29, 1.82) is 0 Å². The number of fused-ring (bicyclic) bond motifs is 1. The lowest BCUT2D eigenvalue weighted by Gasteiger charge is -2.29. The van der Waals surface area contributed by atoms with Crippen molar-refractivity contribution in [3.63, 3.8) is 0 Å². The monoisotopic (exact) mass is 416 g/mol. The van der Waals surface area contributed by atoms with Crippen molar-refractivity contribution >= 4 is 23.2 Å². The Hall–Kier alpha value is -3.80. The maximum atomic E-state index is 12.4. The molecule has 1 aliphatic rings. The van der Waals surface area contributed by atoms with Gasteiger partial charge >= 0.3 is 0 Å². The van der Waals surface area contributed by atoms with Gasteiger partial charge in [-0.15, -0.1) is 0 Å². The first-order valence-corrected chi connectivity index (χ1v) is 10.2. The molecule has 0 radical (unpaired) electrons. The maximum absolute atomic E-state index is 12.4. The van der Waals surface area contributed by atoms with Gasteiger partial charge in [0.25, 0.3) is 11.8 Å². The fourth-order valence-electron chi connectivity index (χ4n) is 3.42. The molecule has 0 unspecified atom stereocenters. The van der Waals surface area contributed by atoms with Gasteiger partial charge in [0.15, 0.2) is 13.2 Å². The largest absolute Gasteiger partial charge is 0.484 e. The van der Waals surface area contributed by atoms with Gasteiger partial charge in [0.2, 0.25) is 0 Å². The highest BCUT2D eigenvalue weighted by molar-refractivity contribution is 5.99. The second-order valence-electron chi connectivity index (χ2n) is 7.27. The third-order valence-corrected chi connectivity index (χ3v) is 5.05. The number of hydrogen-bond acceptors (Lipinski definition) is 4. The van der Waals surface area contributed by atoms with Gasteiger partial charge < -0.3 is 19.7 Å². The van der Waals surface area contributed by atoms with Crippen LogP contribution in [0.2, 0.25) is 0 Å². The Morgan fingerprint density at radius 3 is 2.65 bits per heavy atom. The zero-order valence-electron chi connectivity index (χ0n) is 17.3. The first-order chi connectivity index (χ1) is 15.1. The molecule has 158 valence electrons. The number of nitrogens with one attached hydrogen (secondary N) is 1. The molecule has 0 fully saturated rings. The Morgan fingerprint density at radius 2 is 1.84 bits per heavy atom. The maximum Gasteiger partial charge on any atom is 0.265 e. The van der Waals surface area contributed by atoms with Crippen LogP contribution in [0.15, 0.2) is 72.8 Å². The topological polar surface area (TPSA) is 67.9 Å². The highest BCUT2D eigenvalue weighted by Gasteiger charge is 2.26. The number of ether oxygens (including phenoxy) is 2. The van der Waals surface area contributed by atoms with E-state index in [2.05, 4.69) is 12.2 Å². The average Bonchev–Trinajstić information content (AvgIpc) is 2.80. The zero-order chi connectivity index (χ0) is 21.6. The lowest BCUT2D eigenvalue weighted by atomic mass is 10.1. The van der Waals surface area contributed by atoms with E-state index in [1.807, 2.05) is 54.6 Å². The lowest BCUT2D eigenvalue weighted by molar-refractivity contribution is -0.121. The molecule has 1 heterocycles. The van der Waals surface area contributed by atoms with E-state index < -0.39 is 0 Å². The van der Waals surface area contributed by atoms with Crippen molar-refractivity contribution in [3.8, 4) is 11.5 Å². The van der Waals surface area contributed by atoms with E-state index in [4.69, 9.17) is 9.47 Å². The summed E-state index contributed by atoms with van der Waals surface area (Å²) < 4.78 is 11.2. The van der Waals surface area contributed by atoms with E-state index in [0.717, 1.165) is 17.5 Å². The molecule has 31 heavy (non-hydrogen) atoms. The van der Waals surface area contributed by atoms with Gasteiger partial charge in [-0.05, 0) is 41.8 Å². The Kier molecular flexibility index (Phi) is 6.17. The van der Waals surface area contributed by atoms with Crippen LogP contribution in [0, 0.1) is 0 Å². The molecule has 0 bridgehead atoms. The second-order valence-corrected chi connectivity index (χ2v) is 7.27. The van der Waals surface area contributed by atoms with Crippen molar-refractivity contribution in [2.75, 3.05) is 23.4 Å². The van der Waals surface area contributed by atoms with Crippen LogP contribution < -0.4 is 19.7 Å². The van der Waals surface area contributed by atoms with Crippen molar-refractivity contribution in [3.05, 3.63) is 83.9 Å². The Labute approximate surface area is 181 Å². The van der Waals surface area contributed by atoms with Crippen LogP contribution in [0.3, 0.4) is 0 Å². The number of nitrogens with zero attached hydrogens (tertiary/aromatic N) is 1. The number of benzene rings is 3.